The topological polar surface area (TPSA) is 43.4 Å². The van der Waals surface area contributed by atoms with Gasteiger partial charge in [0.15, 0.2) is 11.5 Å². The lowest BCUT2D eigenvalue weighted by Gasteiger charge is -2.27. The Labute approximate surface area is 135 Å². The Bertz CT molecular complexity index is 700. The van der Waals surface area contributed by atoms with Crippen LogP contribution in [0.5, 0.6) is 0 Å². The molecule has 0 aromatic heterocycles. The van der Waals surface area contributed by atoms with Crippen molar-refractivity contribution in [2.24, 2.45) is 5.92 Å². The predicted molar refractivity (Wildman–Crippen MR) is 88.2 cm³/mol. The molecule has 2 aliphatic carbocycles. The molecule has 114 valence electrons. The van der Waals surface area contributed by atoms with Crippen LogP contribution in [0.4, 0.5) is 0 Å². The Hall–Kier alpha value is -1.81. The molecule has 0 bridgehead atoms. The van der Waals surface area contributed by atoms with E-state index in [0.717, 1.165) is 24.2 Å². The van der Waals surface area contributed by atoms with E-state index in [1.165, 1.54) is 0 Å². The van der Waals surface area contributed by atoms with E-state index in [9.17, 15) is 9.59 Å². The molecule has 0 heterocycles. The molecule has 2 aliphatic rings. The molecule has 1 unspecified atom stereocenters. The van der Waals surface area contributed by atoms with Crippen molar-refractivity contribution in [3.8, 4) is 0 Å². The molecular formula is C18H18O3S. The molecule has 22 heavy (non-hydrogen) atoms. The van der Waals surface area contributed by atoms with Gasteiger partial charge in [-0.1, -0.05) is 30.3 Å². The number of carbonyl (C=O) groups is 2. The fourth-order valence-electron chi connectivity index (χ4n) is 3.13. The van der Waals surface area contributed by atoms with Gasteiger partial charge in [-0.3, -0.25) is 9.59 Å². The van der Waals surface area contributed by atoms with Crippen molar-refractivity contribution in [3.05, 3.63) is 57.7 Å². The summed E-state index contributed by atoms with van der Waals surface area (Å²) in [5, 5.41) is 0. The first kappa shape index (κ1) is 15.1. The van der Waals surface area contributed by atoms with Crippen LogP contribution in [-0.4, -0.2) is 18.2 Å². The summed E-state index contributed by atoms with van der Waals surface area (Å²) >= 11 is 4.43. The maximum absolute atomic E-state index is 12.9. The largest absolute Gasteiger partial charge is 0.489 e. The zero-order chi connectivity index (χ0) is 15.7. The maximum atomic E-state index is 12.9. The number of allylic oxidation sites excluding steroid dienone is 4. The normalized spacial score (nSPS) is 21.5. The molecule has 3 rings (SSSR count). The minimum absolute atomic E-state index is 0.0902. The van der Waals surface area contributed by atoms with Gasteiger partial charge in [0.1, 0.15) is 0 Å². The summed E-state index contributed by atoms with van der Waals surface area (Å²) in [5.41, 5.74) is 1.41. The zero-order valence-corrected chi connectivity index (χ0v) is 13.4. The van der Waals surface area contributed by atoms with Gasteiger partial charge in [-0.15, -0.1) is 12.6 Å². The van der Waals surface area contributed by atoms with E-state index in [-0.39, 0.29) is 23.2 Å². The minimum Gasteiger partial charge on any atom is -0.489 e. The van der Waals surface area contributed by atoms with E-state index >= 15 is 0 Å². The summed E-state index contributed by atoms with van der Waals surface area (Å²) in [5.74, 6) is -0.155. The van der Waals surface area contributed by atoms with Gasteiger partial charge < -0.3 is 4.74 Å². The highest BCUT2D eigenvalue weighted by atomic mass is 32.1. The van der Waals surface area contributed by atoms with E-state index in [1.807, 2.05) is 13.0 Å². The lowest BCUT2D eigenvalue weighted by atomic mass is 9.78. The third-order valence-electron chi connectivity index (χ3n) is 4.11. The Kier molecular flexibility index (Phi) is 4.21. The lowest BCUT2D eigenvalue weighted by molar-refractivity contribution is 0.0871. The number of hydrogen-bond acceptors (Lipinski definition) is 4. The molecule has 0 saturated heterocycles. The third kappa shape index (κ3) is 2.52. The first-order chi connectivity index (χ1) is 10.6. The number of fused-ring (bicyclic) bond motifs is 1. The number of carbonyl (C=O) groups excluding carboxylic acids is 2. The second kappa shape index (κ2) is 6.13. The quantitative estimate of drug-likeness (QED) is 0.859. The maximum Gasteiger partial charge on any atom is 0.228 e. The molecule has 0 fully saturated rings. The van der Waals surface area contributed by atoms with E-state index in [1.54, 1.807) is 24.3 Å². The van der Waals surface area contributed by atoms with E-state index in [0.29, 0.717) is 23.3 Å². The van der Waals surface area contributed by atoms with Crippen LogP contribution in [0, 0.1) is 5.92 Å². The van der Waals surface area contributed by atoms with Gasteiger partial charge >= 0.3 is 0 Å². The molecule has 0 spiro atoms. The molecule has 0 N–H and O–H groups in total. The molecule has 1 atom stereocenters. The average molecular weight is 314 g/mol. The first-order valence-electron chi connectivity index (χ1n) is 7.58. The molecule has 0 amide bonds. The van der Waals surface area contributed by atoms with Gasteiger partial charge in [0, 0.05) is 17.0 Å². The lowest BCUT2D eigenvalue weighted by Crippen LogP contribution is -2.27. The number of thiol groups is 1. The molecule has 1 aromatic rings. The molecule has 0 saturated carbocycles. The Balaban J connectivity index is 2.15. The average Bonchev–Trinajstić information content (AvgIpc) is 2.53. The predicted octanol–water partition coefficient (Wildman–Crippen LogP) is 3.97. The SMILES string of the molecule is CCOC1=C(C2C=C(S)CCC2)C(=O)c2ccccc2C1=O. The van der Waals surface area contributed by atoms with Crippen LogP contribution in [0.2, 0.25) is 0 Å². The number of ketones is 2. The molecular weight excluding hydrogens is 296 g/mol. The van der Waals surface area contributed by atoms with Crippen LogP contribution in [0.25, 0.3) is 0 Å². The zero-order valence-electron chi connectivity index (χ0n) is 12.5. The Morgan fingerprint density at radius 3 is 2.50 bits per heavy atom. The Morgan fingerprint density at radius 1 is 1.18 bits per heavy atom. The fraction of sp³-hybridized carbons (Fsp3) is 0.333. The van der Waals surface area contributed by atoms with Crippen molar-refractivity contribution in [3.63, 3.8) is 0 Å². The first-order valence-corrected chi connectivity index (χ1v) is 8.03. The highest BCUT2D eigenvalue weighted by Gasteiger charge is 2.36. The molecule has 3 nitrogen and oxygen atoms in total. The van der Waals surface area contributed by atoms with E-state index < -0.39 is 0 Å². The van der Waals surface area contributed by atoms with Crippen molar-refractivity contribution in [1.29, 1.82) is 0 Å². The number of ether oxygens (including phenoxy) is 1. The van der Waals surface area contributed by atoms with Crippen molar-refractivity contribution in [2.45, 2.75) is 26.2 Å². The molecule has 0 aliphatic heterocycles. The highest BCUT2D eigenvalue weighted by molar-refractivity contribution is 7.84. The standard InChI is InChI=1S/C18H18O3S/c1-2-21-18-15(11-6-5-7-12(22)10-11)16(19)13-8-3-4-9-14(13)17(18)20/h3-4,8-11,22H,2,5-7H2,1H3. The highest BCUT2D eigenvalue weighted by Crippen LogP contribution is 2.37. The van der Waals surface area contributed by atoms with Crippen LogP contribution >= 0.6 is 12.6 Å². The van der Waals surface area contributed by atoms with E-state index in [2.05, 4.69) is 12.6 Å². The van der Waals surface area contributed by atoms with Crippen LogP contribution < -0.4 is 0 Å². The summed E-state index contributed by atoms with van der Waals surface area (Å²) in [4.78, 5) is 26.6. The number of hydrogen-bond donors (Lipinski definition) is 1. The van der Waals surface area contributed by atoms with Crippen molar-refractivity contribution in [1.82, 2.24) is 0 Å². The molecule has 1 aromatic carbocycles. The summed E-state index contributed by atoms with van der Waals surface area (Å²) in [6, 6.07) is 6.96. The number of Topliss-reactive ketones (excluding diaryl/α,β-unsaturated/α-hetero) is 2. The smallest absolute Gasteiger partial charge is 0.228 e. The monoisotopic (exact) mass is 314 g/mol. The van der Waals surface area contributed by atoms with Crippen LogP contribution in [-0.2, 0) is 4.74 Å². The van der Waals surface area contributed by atoms with Crippen molar-refractivity contribution in [2.75, 3.05) is 6.61 Å². The van der Waals surface area contributed by atoms with Crippen molar-refractivity contribution >= 4 is 24.2 Å². The molecule has 0 radical (unpaired) electrons. The summed E-state index contributed by atoms with van der Waals surface area (Å²) in [7, 11) is 0. The fourth-order valence-corrected chi connectivity index (χ4v) is 3.46. The van der Waals surface area contributed by atoms with Gasteiger partial charge in [0.25, 0.3) is 0 Å². The summed E-state index contributed by atoms with van der Waals surface area (Å²) in [6.45, 7) is 2.19. The van der Waals surface area contributed by atoms with Crippen LogP contribution in [0.1, 0.15) is 46.9 Å². The molecule has 4 heteroatoms. The van der Waals surface area contributed by atoms with Crippen LogP contribution in [0.15, 0.2) is 46.6 Å². The summed E-state index contributed by atoms with van der Waals surface area (Å²) in [6.07, 6.45) is 4.72. The van der Waals surface area contributed by atoms with Gasteiger partial charge in [-0.25, -0.2) is 0 Å². The van der Waals surface area contributed by atoms with Gasteiger partial charge in [0.2, 0.25) is 5.78 Å². The van der Waals surface area contributed by atoms with Gasteiger partial charge in [-0.2, -0.15) is 0 Å². The van der Waals surface area contributed by atoms with E-state index in [4.69, 9.17) is 4.74 Å². The second-order valence-corrected chi connectivity index (χ2v) is 6.11. The minimum atomic E-state index is -0.188. The van der Waals surface area contributed by atoms with Crippen molar-refractivity contribution < 1.29 is 14.3 Å². The number of rotatable bonds is 3. The third-order valence-corrected chi connectivity index (χ3v) is 4.49. The number of benzene rings is 1. The second-order valence-electron chi connectivity index (χ2n) is 5.54. The van der Waals surface area contributed by atoms with Crippen LogP contribution in [0.3, 0.4) is 0 Å². The Morgan fingerprint density at radius 2 is 1.86 bits per heavy atom. The van der Waals surface area contributed by atoms with Gasteiger partial charge in [0.05, 0.1) is 12.2 Å². The summed E-state index contributed by atoms with van der Waals surface area (Å²) < 4.78 is 5.58. The van der Waals surface area contributed by atoms with Gasteiger partial charge in [-0.05, 0) is 31.1 Å².